The van der Waals surface area contributed by atoms with Gasteiger partial charge in [0.05, 0.1) is 19.8 Å². The molecule has 0 heterocycles. The number of hydrogen-bond acceptors (Lipinski definition) is 4. The lowest BCUT2D eigenvalue weighted by Crippen LogP contribution is -2.47. The van der Waals surface area contributed by atoms with Gasteiger partial charge in [-0.25, -0.2) is 0 Å². The zero-order valence-electron chi connectivity index (χ0n) is 15.0. The zero-order chi connectivity index (χ0) is 18.2. The number of carbonyl (C=O) groups is 1. The number of carbonyl (C=O) groups excluding carboxylic acids is 1. The second-order valence-electron chi connectivity index (χ2n) is 6.45. The van der Waals surface area contributed by atoms with E-state index in [0.717, 1.165) is 11.1 Å². The Balaban J connectivity index is 1.64. The van der Waals surface area contributed by atoms with Crippen molar-refractivity contribution in [1.82, 2.24) is 0 Å². The molecule has 0 spiro atoms. The van der Waals surface area contributed by atoms with E-state index in [1.165, 1.54) is 6.92 Å². The molecule has 1 aliphatic rings. The first-order valence-electron chi connectivity index (χ1n) is 8.82. The van der Waals surface area contributed by atoms with E-state index >= 15 is 0 Å². The Morgan fingerprint density at radius 3 is 2.23 bits per heavy atom. The Morgan fingerprint density at radius 1 is 1.00 bits per heavy atom. The molecule has 0 fully saturated rings. The minimum absolute atomic E-state index is 0.261. The minimum atomic E-state index is -0.880. The van der Waals surface area contributed by atoms with Crippen molar-refractivity contribution in [2.75, 3.05) is 6.61 Å². The smallest absolute Gasteiger partial charge is 0.303 e. The summed E-state index contributed by atoms with van der Waals surface area (Å²) in [6.07, 6.45) is 4.32. The van der Waals surface area contributed by atoms with Crippen LogP contribution in [0.5, 0.6) is 0 Å². The zero-order valence-corrected chi connectivity index (χ0v) is 15.0. The molecular formula is C22H24O4. The van der Waals surface area contributed by atoms with Crippen molar-refractivity contribution in [3.05, 3.63) is 83.9 Å². The van der Waals surface area contributed by atoms with Crippen LogP contribution in [-0.4, -0.2) is 24.3 Å². The van der Waals surface area contributed by atoms with E-state index in [1.54, 1.807) is 0 Å². The molecule has 0 radical (unpaired) electrons. The first kappa shape index (κ1) is 18.4. The molecule has 0 amide bonds. The van der Waals surface area contributed by atoms with Gasteiger partial charge in [-0.1, -0.05) is 66.7 Å². The lowest BCUT2D eigenvalue weighted by atomic mass is 10.0. The highest BCUT2D eigenvalue weighted by Gasteiger charge is 2.44. The van der Waals surface area contributed by atoms with E-state index in [2.05, 4.69) is 0 Å². The monoisotopic (exact) mass is 352 g/mol. The predicted octanol–water partition coefficient (Wildman–Crippen LogP) is 4.05. The molecule has 4 nitrogen and oxygen atoms in total. The van der Waals surface area contributed by atoms with Crippen LogP contribution < -0.4 is 0 Å². The van der Waals surface area contributed by atoms with Gasteiger partial charge in [0.2, 0.25) is 0 Å². The van der Waals surface area contributed by atoms with Crippen molar-refractivity contribution in [3.63, 3.8) is 0 Å². The van der Waals surface area contributed by atoms with Crippen LogP contribution in [0.2, 0.25) is 0 Å². The highest BCUT2D eigenvalue weighted by Crippen LogP contribution is 2.32. The maximum Gasteiger partial charge on any atom is 0.303 e. The molecule has 2 aromatic rings. The average molecular weight is 352 g/mol. The summed E-state index contributed by atoms with van der Waals surface area (Å²) in [5.41, 5.74) is 1.28. The Labute approximate surface area is 154 Å². The van der Waals surface area contributed by atoms with Crippen LogP contribution in [0, 0.1) is 0 Å². The van der Waals surface area contributed by atoms with Crippen LogP contribution in [-0.2, 0) is 32.2 Å². The molecule has 0 saturated heterocycles. The molecule has 0 aromatic heterocycles. The largest absolute Gasteiger partial charge is 0.450 e. The summed E-state index contributed by atoms with van der Waals surface area (Å²) in [4.78, 5) is 11.7. The molecule has 26 heavy (non-hydrogen) atoms. The van der Waals surface area contributed by atoms with Gasteiger partial charge in [0.25, 0.3) is 0 Å². The first-order valence-corrected chi connectivity index (χ1v) is 8.82. The molecule has 3 rings (SSSR count). The Hall–Kier alpha value is -2.43. The first-order chi connectivity index (χ1) is 12.7. The molecule has 0 N–H and O–H groups in total. The molecule has 2 atom stereocenters. The predicted molar refractivity (Wildman–Crippen MR) is 99.4 cm³/mol. The quantitative estimate of drug-likeness (QED) is 0.531. The van der Waals surface area contributed by atoms with Crippen molar-refractivity contribution in [2.45, 2.75) is 38.3 Å². The van der Waals surface area contributed by atoms with Crippen molar-refractivity contribution in [3.8, 4) is 0 Å². The molecule has 4 heteroatoms. The van der Waals surface area contributed by atoms with Crippen molar-refractivity contribution in [1.29, 1.82) is 0 Å². The SMILES string of the molecule is CC(=O)O[C@@]1(COCc2ccccc2)C=CC[C@@H]1OCc1ccccc1. The van der Waals surface area contributed by atoms with Gasteiger partial charge in [-0.3, -0.25) is 4.79 Å². The summed E-state index contributed by atoms with van der Waals surface area (Å²) in [6.45, 7) is 2.61. The van der Waals surface area contributed by atoms with Crippen LogP contribution in [0.4, 0.5) is 0 Å². The van der Waals surface area contributed by atoms with Gasteiger partial charge in [-0.15, -0.1) is 0 Å². The van der Waals surface area contributed by atoms with Gasteiger partial charge in [-0.05, 0) is 23.6 Å². The van der Waals surface area contributed by atoms with Crippen molar-refractivity contribution < 1.29 is 19.0 Å². The normalized spacial score (nSPS) is 21.7. The maximum atomic E-state index is 11.7. The van der Waals surface area contributed by atoms with Gasteiger partial charge < -0.3 is 14.2 Å². The number of esters is 1. The van der Waals surface area contributed by atoms with Crippen LogP contribution >= 0.6 is 0 Å². The van der Waals surface area contributed by atoms with E-state index in [0.29, 0.717) is 19.6 Å². The summed E-state index contributed by atoms with van der Waals surface area (Å²) in [6, 6.07) is 19.9. The van der Waals surface area contributed by atoms with E-state index in [1.807, 2.05) is 72.8 Å². The van der Waals surface area contributed by atoms with Crippen LogP contribution in [0.1, 0.15) is 24.5 Å². The number of benzene rings is 2. The summed E-state index contributed by atoms with van der Waals surface area (Å²) in [5, 5.41) is 0. The Morgan fingerprint density at radius 2 is 1.62 bits per heavy atom. The van der Waals surface area contributed by atoms with E-state index < -0.39 is 5.60 Å². The minimum Gasteiger partial charge on any atom is -0.450 e. The Kier molecular flexibility index (Phi) is 6.21. The van der Waals surface area contributed by atoms with E-state index in [9.17, 15) is 4.79 Å². The van der Waals surface area contributed by atoms with Crippen molar-refractivity contribution in [2.24, 2.45) is 0 Å². The van der Waals surface area contributed by atoms with Crippen LogP contribution in [0.25, 0.3) is 0 Å². The topological polar surface area (TPSA) is 44.8 Å². The highest BCUT2D eigenvalue weighted by atomic mass is 16.6. The molecule has 1 aliphatic carbocycles. The lowest BCUT2D eigenvalue weighted by Gasteiger charge is -2.33. The Bertz CT molecular complexity index is 726. The van der Waals surface area contributed by atoms with Gasteiger partial charge in [0, 0.05) is 6.92 Å². The maximum absolute atomic E-state index is 11.7. The standard InChI is InChI=1S/C22H24O4/c1-18(23)26-22(17-24-15-19-9-4-2-5-10-19)14-8-13-21(22)25-16-20-11-6-3-7-12-20/h2-12,14,21H,13,15-17H2,1H3/t21-,22+/m0/s1. The highest BCUT2D eigenvalue weighted by molar-refractivity contribution is 5.67. The van der Waals surface area contributed by atoms with Gasteiger partial charge >= 0.3 is 5.97 Å². The molecule has 136 valence electrons. The fourth-order valence-corrected chi connectivity index (χ4v) is 3.12. The third-order valence-electron chi connectivity index (χ3n) is 4.36. The second-order valence-corrected chi connectivity index (χ2v) is 6.45. The number of rotatable bonds is 8. The summed E-state index contributed by atoms with van der Waals surface area (Å²) < 4.78 is 17.6. The number of hydrogen-bond donors (Lipinski definition) is 0. The average Bonchev–Trinajstić information content (AvgIpc) is 3.03. The second kappa shape index (κ2) is 8.79. The van der Waals surface area contributed by atoms with Crippen molar-refractivity contribution >= 4 is 5.97 Å². The lowest BCUT2D eigenvalue weighted by molar-refractivity contribution is -0.177. The van der Waals surface area contributed by atoms with Gasteiger partial charge in [0.15, 0.2) is 5.60 Å². The molecule has 0 unspecified atom stereocenters. The third kappa shape index (κ3) is 4.81. The van der Waals surface area contributed by atoms with E-state index in [4.69, 9.17) is 14.2 Å². The fraction of sp³-hybridized carbons (Fsp3) is 0.318. The van der Waals surface area contributed by atoms with Crippen LogP contribution in [0.3, 0.4) is 0 Å². The van der Waals surface area contributed by atoms with Crippen LogP contribution in [0.15, 0.2) is 72.8 Å². The van der Waals surface area contributed by atoms with E-state index in [-0.39, 0.29) is 18.7 Å². The third-order valence-corrected chi connectivity index (χ3v) is 4.36. The number of ether oxygens (including phenoxy) is 3. The van der Waals surface area contributed by atoms with Gasteiger partial charge in [-0.2, -0.15) is 0 Å². The summed E-state index contributed by atoms with van der Waals surface area (Å²) in [7, 11) is 0. The molecule has 2 aromatic carbocycles. The summed E-state index contributed by atoms with van der Waals surface area (Å²) >= 11 is 0. The molecular weight excluding hydrogens is 328 g/mol. The molecule has 0 aliphatic heterocycles. The fourth-order valence-electron chi connectivity index (χ4n) is 3.12. The summed E-state index contributed by atoms with van der Waals surface area (Å²) in [5.74, 6) is -0.340. The molecule has 0 bridgehead atoms. The molecule has 0 saturated carbocycles. The van der Waals surface area contributed by atoms with Gasteiger partial charge in [0.1, 0.15) is 6.10 Å².